The van der Waals surface area contributed by atoms with Crippen LogP contribution < -0.4 is 5.32 Å². The minimum Gasteiger partial charge on any atom is -0.314 e. The van der Waals surface area contributed by atoms with E-state index in [-0.39, 0.29) is 0 Å². The second-order valence-electron chi connectivity index (χ2n) is 4.79. The second kappa shape index (κ2) is 4.22. The van der Waals surface area contributed by atoms with Gasteiger partial charge in [-0.15, -0.1) is 11.3 Å². The molecular weight excluding hydrogens is 204 g/mol. The van der Waals surface area contributed by atoms with Crippen molar-refractivity contribution in [1.82, 2.24) is 10.3 Å². The molecule has 0 aromatic carbocycles. The average molecular weight is 222 g/mol. The second-order valence-corrected chi connectivity index (χ2v) is 5.73. The van der Waals surface area contributed by atoms with Gasteiger partial charge in [-0.2, -0.15) is 0 Å². The minimum atomic E-state index is 0.699. The molecule has 15 heavy (non-hydrogen) atoms. The van der Waals surface area contributed by atoms with Gasteiger partial charge in [-0.05, 0) is 32.2 Å². The van der Waals surface area contributed by atoms with E-state index in [0.717, 1.165) is 12.3 Å². The highest BCUT2D eigenvalue weighted by atomic mass is 32.1. The number of aromatic nitrogens is 1. The largest absolute Gasteiger partial charge is 0.314 e. The van der Waals surface area contributed by atoms with Crippen molar-refractivity contribution < 1.29 is 0 Å². The van der Waals surface area contributed by atoms with Crippen LogP contribution in [0.2, 0.25) is 0 Å². The van der Waals surface area contributed by atoms with Crippen molar-refractivity contribution in [3.63, 3.8) is 0 Å². The molecule has 2 nitrogen and oxygen atoms in total. The molecule has 82 valence electrons. The molecule has 1 aromatic rings. The summed E-state index contributed by atoms with van der Waals surface area (Å²) >= 11 is 1.86. The standard InChI is InChI=1S/C12H18N2S/c1-3-9(4-1)11-8-15-12(14-11)7-10-5-2-6-13-10/h8-10,13H,1-7H2. The van der Waals surface area contributed by atoms with Gasteiger partial charge in [0.05, 0.1) is 10.7 Å². The first kappa shape index (κ1) is 9.79. The Morgan fingerprint density at radius 2 is 2.27 bits per heavy atom. The van der Waals surface area contributed by atoms with Crippen LogP contribution >= 0.6 is 11.3 Å². The number of nitrogens with zero attached hydrogens (tertiary/aromatic N) is 1. The van der Waals surface area contributed by atoms with E-state index in [0.29, 0.717) is 6.04 Å². The molecule has 2 aliphatic rings. The summed E-state index contributed by atoms with van der Waals surface area (Å²) in [5.74, 6) is 0.798. The first-order valence-electron chi connectivity index (χ1n) is 6.09. The third kappa shape index (κ3) is 2.08. The van der Waals surface area contributed by atoms with Crippen LogP contribution in [-0.4, -0.2) is 17.6 Å². The molecule has 1 aliphatic carbocycles. The summed E-state index contributed by atoms with van der Waals surface area (Å²) in [5.41, 5.74) is 1.37. The molecule has 0 amide bonds. The van der Waals surface area contributed by atoms with Crippen LogP contribution in [0.25, 0.3) is 0 Å². The molecule has 1 aliphatic heterocycles. The number of thiazole rings is 1. The predicted molar refractivity (Wildman–Crippen MR) is 63.4 cm³/mol. The fourth-order valence-electron chi connectivity index (χ4n) is 2.45. The highest BCUT2D eigenvalue weighted by Gasteiger charge is 2.23. The van der Waals surface area contributed by atoms with Gasteiger partial charge < -0.3 is 5.32 Å². The maximum absolute atomic E-state index is 4.77. The van der Waals surface area contributed by atoms with E-state index in [1.165, 1.54) is 49.4 Å². The van der Waals surface area contributed by atoms with Crippen molar-refractivity contribution in [3.05, 3.63) is 16.1 Å². The third-order valence-electron chi connectivity index (χ3n) is 3.68. The lowest BCUT2D eigenvalue weighted by Gasteiger charge is -2.23. The summed E-state index contributed by atoms with van der Waals surface area (Å²) in [6.45, 7) is 1.20. The number of hydrogen-bond acceptors (Lipinski definition) is 3. The molecule has 0 bridgehead atoms. The first-order valence-corrected chi connectivity index (χ1v) is 6.97. The molecule has 3 rings (SSSR count). The van der Waals surface area contributed by atoms with Crippen LogP contribution in [0, 0.1) is 0 Å². The Kier molecular flexibility index (Phi) is 2.76. The molecule has 2 fully saturated rings. The predicted octanol–water partition coefficient (Wildman–Crippen LogP) is 2.71. The summed E-state index contributed by atoms with van der Waals surface area (Å²) in [4.78, 5) is 4.77. The molecule has 1 saturated heterocycles. The van der Waals surface area contributed by atoms with Gasteiger partial charge in [0.2, 0.25) is 0 Å². The van der Waals surface area contributed by atoms with Gasteiger partial charge in [-0.1, -0.05) is 6.42 Å². The third-order valence-corrected chi connectivity index (χ3v) is 4.57. The van der Waals surface area contributed by atoms with Crippen LogP contribution in [-0.2, 0) is 6.42 Å². The normalized spacial score (nSPS) is 26.8. The zero-order valence-electron chi connectivity index (χ0n) is 9.04. The zero-order valence-corrected chi connectivity index (χ0v) is 9.85. The lowest BCUT2D eigenvalue weighted by molar-refractivity contribution is 0.412. The Bertz CT molecular complexity index is 324. The van der Waals surface area contributed by atoms with E-state index in [2.05, 4.69) is 10.7 Å². The van der Waals surface area contributed by atoms with Crippen molar-refractivity contribution in [2.45, 2.75) is 50.5 Å². The quantitative estimate of drug-likeness (QED) is 0.850. The Morgan fingerprint density at radius 1 is 1.33 bits per heavy atom. The summed E-state index contributed by atoms with van der Waals surface area (Å²) in [6, 6.07) is 0.699. The fraction of sp³-hybridized carbons (Fsp3) is 0.750. The smallest absolute Gasteiger partial charge is 0.0943 e. The van der Waals surface area contributed by atoms with E-state index in [1.54, 1.807) is 0 Å². The molecule has 2 heterocycles. The van der Waals surface area contributed by atoms with Gasteiger partial charge in [0.15, 0.2) is 0 Å². The Morgan fingerprint density at radius 3 is 2.93 bits per heavy atom. The molecule has 1 atom stereocenters. The van der Waals surface area contributed by atoms with Gasteiger partial charge >= 0.3 is 0 Å². The molecule has 1 aromatic heterocycles. The number of rotatable bonds is 3. The Labute approximate surface area is 95.1 Å². The van der Waals surface area contributed by atoms with Crippen LogP contribution in [0.5, 0.6) is 0 Å². The summed E-state index contributed by atoms with van der Waals surface area (Å²) < 4.78 is 0. The molecule has 1 N–H and O–H groups in total. The Hall–Kier alpha value is -0.410. The van der Waals surface area contributed by atoms with Crippen molar-refractivity contribution in [3.8, 4) is 0 Å². The average Bonchev–Trinajstić information content (AvgIpc) is 2.75. The highest BCUT2D eigenvalue weighted by molar-refractivity contribution is 7.09. The first-order chi connectivity index (χ1) is 7.42. The molecule has 0 spiro atoms. The topological polar surface area (TPSA) is 24.9 Å². The van der Waals surface area contributed by atoms with Gasteiger partial charge in [0, 0.05) is 23.8 Å². The van der Waals surface area contributed by atoms with E-state index in [1.807, 2.05) is 11.3 Å². The van der Waals surface area contributed by atoms with Crippen LogP contribution in [0.1, 0.15) is 48.7 Å². The van der Waals surface area contributed by atoms with E-state index in [9.17, 15) is 0 Å². The number of nitrogens with one attached hydrogen (secondary N) is 1. The summed E-state index contributed by atoms with van der Waals surface area (Å²) in [6.07, 6.45) is 7.96. The van der Waals surface area contributed by atoms with Gasteiger partial charge in [-0.3, -0.25) is 0 Å². The number of hydrogen-bond donors (Lipinski definition) is 1. The lowest BCUT2D eigenvalue weighted by Crippen LogP contribution is -2.23. The molecule has 3 heteroatoms. The van der Waals surface area contributed by atoms with E-state index >= 15 is 0 Å². The maximum Gasteiger partial charge on any atom is 0.0943 e. The maximum atomic E-state index is 4.77. The van der Waals surface area contributed by atoms with Crippen LogP contribution in [0.3, 0.4) is 0 Å². The van der Waals surface area contributed by atoms with Crippen molar-refractivity contribution in [2.75, 3.05) is 6.54 Å². The van der Waals surface area contributed by atoms with Crippen molar-refractivity contribution in [1.29, 1.82) is 0 Å². The molecular formula is C12H18N2S. The Balaban J connectivity index is 1.62. The zero-order chi connectivity index (χ0) is 10.1. The monoisotopic (exact) mass is 222 g/mol. The van der Waals surface area contributed by atoms with Crippen LogP contribution in [0.4, 0.5) is 0 Å². The van der Waals surface area contributed by atoms with Gasteiger partial charge in [-0.25, -0.2) is 4.98 Å². The minimum absolute atomic E-state index is 0.699. The summed E-state index contributed by atoms with van der Waals surface area (Å²) in [7, 11) is 0. The molecule has 0 radical (unpaired) electrons. The van der Waals surface area contributed by atoms with E-state index < -0.39 is 0 Å². The molecule has 1 saturated carbocycles. The molecule has 1 unspecified atom stereocenters. The van der Waals surface area contributed by atoms with Gasteiger partial charge in [0.25, 0.3) is 0 Å². The van der Waals surface area contributed by atoms with Crippen molar-refractivity contribution >= 4 is 11.3 Å². The van der Waals surface area contributed by atoms with Gasteiger partial charge in [0.1, 0.15) is 0 Å². The highest BCUT2D eigenvalue weighted by Crippen LogP contribution is 2.36. The van der Waals surface area contributed by atoms with E-state index in [4.69, 9.17) is 4.98 Å². The fourth-order valence-corrected chi connectivity index (χ4v) is 3.41. The summed E-state index contributed by atoms with van der Waals surface area (Å²) in [5, 5.41) is 7.17. The van der Waals surface area contributed by atoms with Crippen LogP contribution in [0.15, 0.2) is 5.38 Å². The lowest BCUT2D eigenvalue weighted by atomic mass is 9.83. The van der Waals surface area contributed by atoms with Crippen molar-refractivity contribution in [2.24, 2.45) is 0 Å². The SMILES string of the molecule is c1sc(CC2CCCN2)nc1C1CCC1.